The molecule has 1 aromatic carbocycles. The average molecular weight is 283 g/mol. The maximum atomic E-state index is 6.09. The maximum Gasteiger partial charge on any atom is 0.0749 e. The minimum Gasteiger partial charge on any atom is -0.330 e. The summed E-state index contributed by atoms with van der Waals surface area (Å²) in [4.78, 5) is 7.25. The fraction of sp³-hybridized carbons (Fsp3) is 0.500. The summed E-state index contributed by atoms with van der Waals surface area (Å²) in [7, 11) is 0. The topological polar surface area (TPSA) is 42.1 Å². The van der Waals surface area contributed by atoms with E-state index in [0.717, 1.165) is 18.6 Å². The molecule has 0 aliphatic carbocycles. The van der Waals surface area contributed by atoms with E-state index in [1.165, 1.54) is 23.8 Å². The van der Waals surface area contributed by atoms with Gasteiger partial charge in [-0.15, -0.1) is 0 Å². The minimum atomic E-state index is 0.391. The molecule has 1 aromatic heterocycles. The third-order valence-corrected chi connectivity index (χ3v) is 4.74. The van der Waals surface area contributed by atoms with Crippen LogP contribution in [0.5, 0.6) is 0 Å². The molecule has 21 heavy (non-hydrogen) atoms. The number of hydrogen-bond donors (Lipinski definition) is 1. The number of fused-ring (bicyclic) bond motifs is 1. The van der Waals surface area contributed by atoms with Gasteiger partial charge in [-0.2, -0.15) is 0 Å². The molecule has 0 spiro atoms. The highest BCUT2D eigenvalue weighted by Crippen LogP contribution is 2.39. The zero-order chi connectivity index (χ0) is 14.8. The predicted octanol–water partition coefficient (Wildman–Crippen LogP) is 3.36. The molecular weight excluding hydrogens is 258 g/mol. The molecule has 0 saturated carbocycles. The molecule has 1 fully saturated rings. The van der Waals surface area contributed by atoms with Gasteiger partial charge in [0.1, 0.15) is 0 Å². The lowest BCUT2D eigenvalue weighted by molar-refractivity contribution is 0.0673. The van der Waals surface area contributed by atoms with Gasteiger partial charge >= 0.3 is 0 Å². The lowest BCUT2D eigenvalue weighted by atomic mass is 9.83. The van der Waals surface area contributed by atoms with Crippen LogP contribution in [0.3, 0.4) is 0 Å². The minimum absolute atomic E-state index is 0.391. The van der Waals surface area contributed by atoms with Crippen LogP contribution in [0.2, 0.25) is 0 Å². The zero-order valence-corrected chi connectivity index (χ0v) is 13.0. The van der Waals surface area contributed by atoms with E-state index in [1.54, 1.807) is 0 Å². The Kier molecular flexibility index (Phi) is 4.22. The van der Waals surface area contributed by atoms with E-state index in [2.05, 4.69) is 48.0 Å². The van der Waals surface area contributed by atoms with Crippen LogP contribution in [-0.2, 0) is 0 Å². The molecule has 0 bridgehead atoms. The average Bonchev–Trinajstić information content (AvgIpc) is 2.53. The van der Waals surface area contributed by atoms with Gasteiger partial charge in [-0.3, -0.25) is 9.88 Å². The normalized spacial score (nSPS) is 23.8. The Hall–Kier alpha value is -1.45. The molecule has 0 radical (unpaired) electrons. The summed E-state index contributed by atoms with van der Waals surface area (Å²) in [5.41, 5.74) is 8.57. The third-order valence-electron chi connectivity index (χ3n) is 4.74. The summed E-state index contributed by atoms with van der Waals surface area (Å²) in [6.07, 6.45) is 4.36. The van der Waals surface area contributed by atoms with E-state index in [-0.39, 0.29) is 0 Å². The number of aromatic nitrogens is 1. The van der Waals surface area contributed by atoms with E-state index >= 15 is 0 Å². The Bertz CT molecular complexity index is 603. The van der Waals surface area contributed by atoms with E-state index in [0.29, 0.717) is 18.0 Å². The lowest BCUT2D eigenvalue weighted by Crippen LogP contribution is -2.45. The standard InChI is InChI=1S/C18H25N3/c1-13(2)21-11-5-8-15(12-19)18(21)16-9-3-6-14-7-4-10-20-17(14)16/h3-4,6-7,9-10,13,15,18H,5,8,11-12,19H2,1-2H3. The van der Waals surface area contributed by atoms with Crippen LogP contribution < -0.4 is 5.73 Å². The summed E-state index contributed by atoms with van der Waals surface area (Å²) < 4.78 is 0. The first-order valence-corrected chi connectivity index (χ1v) is 8.02. The van der Waals surface area contributed by atoms with Gasteiger partial charge in [-0.1, -0.05) is 24.3 Å². The highest BCUT2D eigenvalue weighted by molar-refractivity contribution is 5.82. The van der Waals surface area contributed by atoms with Crippen molar-refractivity contribution in [3.8, 4) is 0 Å². The van der Waals surface area contributed by atoms with Crippen LogP contribution in [0, 0.1) is 5.92 Å². The van der Waals surface area contributed by atoms with Gasteiger partial charge in [-0.25, -0.2) is 0 Å². The van der Waals surface area contributed by atoms with Crippen molar-refractivity contribution in [2.45, 2.75) is 38.8 Å². The SMILES string of the molecule is CC(C)N1CCCC(CN)C1c1cccc2cccnc12. The van der Waals surface area contributed by atoms with E-state index in [1.807, 2.05) is 12.3 Å². The summed E-state index contributed by atoms with van der Waals surface area (Å²) in [6, 6.07) is 11.6. The fourth-order valence-corrected chi connectivity index (χ4v) is 3.73. The van der Waals surface area contributed by atoms with Crippen molar-refractivity contribution in [2.75, 3.05) is 13.1 Å². The highest BCUT2D eigenvalue weighted by Gasteiger charge is 2.34. The molecular formula is C18H25N3. The van der Waals surface area contributed by atoms with E-state index in [4.69, 9.17) is 5.73 Å². The van der Waals surface area contributed by atoms with Gasteiger partial charge in [0, 0.05) is 23.7 Å². The fourth-order valence-electron chi connectivity index (χ4n) is 3.73. The molecule has 1 saturated heterocycles. The molecule has 1 aliphatic heterocycles. The Balaban J connectivity index is 2.12. The van der Waals surface area contributed by atoms with Gasteiger partial charge in [0.15, 0.2) is 0 Å². The molecule has 3 rings (SSSR count). The van der Waals surface area contributed by atoms with E-state index < -0.39 is 0 Å². The molecule has 2 aromatic rings. The van der Waals surface area contributed by atoms with Crippen LogP contribution in [-0.4, -0.2) is 29.0 Å². The third kappa shape index (κ3) is 2.68. The van der Waals surface area contributed by atoms with Crippen molar-refractivity contribution in [3.63, 3.8) is 0 Å². The lowest BCUT2D eigenvalue weighted by Gasteiger charge is -2.44. The number of nitrogens with two attached hydrogens (primary N) is 1. The molecule has 2 heterocycles. The number of rotatable bonds is 3. The van der Waals surface area contributed by atoms with Crippen molar-refractivity contribution < 1.29 is 0 Å². The van der Waals surface area contributed by atoms with Crippen molar-refractivity contribution in [3.05, 3.63) is 42.1 Å². The highest BCUT2D eigenvalue weighted by atomic mass is 15.2. The number of likely N-dealkylation sites (tertiary alicyclic amines) is 1. The summed E-state index contributed by atoms with van der Waals surface area (Å²) in [6.45, 7) is 6.47. The molecule has 2 N–H and O–H groups in total. The van der Waals surface area contributed by atoms with Crippen LogP contribution in [0.1, 0.15) is 38.3 Å². The molecule has 0 amide bonds. The van der Waals surface area contributed by atoms with Gasteiger partial charge in [0.05, 0.1) is 5.52 Å². The largest absolute Gasteiger partial charge is 0.330 e. The van der Waals surface area contributed by atoms with Gasteiger partial charge in [0.2, 0.25) is 0 Å². The van der Waals surface area contributed by atoms with Crippen molar-refractivity contribution >= 4 is 10.9 Å². The molecule has 2 unspecified atom stereocenters. The quantitative estimate of drug-likeness (QED) is 0.939. The monoisotopic (exact) mass is 283 g/mol. The molecule has 112 valence electrons. The van der Waals surface area contributed by atoms with Crippen LogP contribution in [0.4, 0.5) is 0 Å². The van der Waals surface area contributed by atoms with Gasteiger partial charge in [-0.05, 0) is 57.3 Å². The van der Waals surface area contributed by atoms with Crippen molar-refractivity contribution in [1.82, 2.24) is 9.88 Å². The summed E-state index contributed by atoms with van der Waals surface area (Å²) >= 11 is 0. The summed E-state index contributed by atoms with van der Waals surface area (Å²) in [5, 5.41) is 1.22. The van der Waals surface area contributed by atoms with Crippen LogP contribution in [0.25, 0.3) is 10.9 Å². The smallest absolute Gasteiger partial charge is 0.0749 e. The molecule has 3 heteroatoms. The van der Waals surface area contributed by atoms with Gasteiger partial charge in [0.25, 0.3) is 0 Å². The first-order chi connectivity index (χ1) is 10.2. The first kappa shape index (κ1) is 14.5. The second kappa shape index (κ2) is 6.12. The molecule has 3 nitrogen and oxygen atoms in total. The predicted molar refractivity (Wildman–Crippen MR) is 88.1 cm³/mol. The van der Waals surface area contributed by atoms with Gasteiger partial charge < -0.3 is 5.73 Å². The Labute approximate surface area is 127 Å². The number of hydrogen-bond acceptors (Lipinski definition) is 3. The van der Waals surface area contributed by atoms with Crippen molar-refractivity contribution in [1.29, 1.82) is 0 Å². The zero-order valence-electron chi connectivity index (χ0n) is 13.0. The number of piperidine rings is 1. The van der Waals surface area contributed by atoms with Crippen LogP contribution >= 0.6 is 0 Å². The van der Waals surface area contributed by atoms with Crippen LogP contribution in [0.15, 0.2) is 36.5 Å². The van der Waals surface area contributed by atoms with E-state index in [9.17, 15) is 0 Å². The Morgan fingerprint density at radius 3 is 2.86 bits per heavy atom. The second-order valence-electron chi connectivity index (χ2n) is 6.34. The first-order valence-electron chi connectivity index (χ1n) is 8.02. The second-order valence-corrected chi connectivity index (χ2v) is 6.34. The maximum absolute atomic E-state index is 6.09. The number of nitrogens with zero attached hydrogens (tertiary/aromatic N) is 2. The number of para-hydroxylation sites is 1. The number of benzene rings is 1. The number of pyridine rings is 1. The van der Waals surface area contributed by atoms with Crippen molar-refractivity contribution in [2.24, 2.45) is 11.7 Å². The molecule has 1 aliphatic rings. The summed E-state index contributed by atoms with van der Waals surface area (Å²) in [5.74, 6) is 0.522. The molecule has 2 atom stereocenters. The Morgan fingerprint density at radius 1 is 1.29 bits per heavy atom. The Morgan fingerprint density at radius 2 is 2.10 bits per heavy atom.